The number of benzene rings is 2. The third kappa shape index (κ3) is 3.95. The zero-order valence-electron chi connectivity index (χ0n) is 17.0. The number of rotatable bonds is 6. The van der Waals surface area contributed by atoms with Crippen LogP contribution >= 0.6 is 11.8 Å². The van der Waals surface area contributed by atoms with Crippen molar-refractivity contribution in [2.45, 2.75) is 49.1 Å². The molecule has 2 heterocycles. The van der Waals surface area contributed by atoms with Gasteiger partial charge < -0.3 is 4.90 Å². The van der Waals surface area contributed by atoms with E-state index in [4.69, 9.17) is 0 Å². The van der Waals surface area contributed by atoms with Crippen molar-refractivity contribution in [3.63, 3.8) is 0 Å². The number of aromatic nitrogens is 3. The van der Waals surface area contributed by atoms with Crippen molar-refractivity contribution in [3.8, 4) is 17.2 Å². The molecule has 0 amide bonds. The van der Waals surface area contributed by atoms with Crippen molar-refractivity contribution in [1.29, 1.82) is 5.26 Å². The Labute approximate surface area is 181 Å². The predicted octanol–water partition coefficient (Wildman–Crippen LogP) is 5.43. The van der Waals surface area contributed by atoms with Crippen LogP contribution < -0.4 is 4.90 Å². The fourth-order valence-electron chi connectivity index (χ4n) is 4.09. The second-order valence-electron chi connectivity index (χ2n) is 8.07. The molecule has 1 aliphatic carbocycles. The van der Waals surface area contributed by atoms with Gasteiger partial charge in [-0.25, -0.2) is 0 Å². The molecule has 0 spiro atoms. The van der Waals surface area contributed by atoms with Crippen molar-refractivity contribution in [3.05, 3.63) is 59.7 Å². The molecule has 2 aromatic carbocycles. The molecule has 30 heavy (non-hydrogen) atoms. The number of hydrogen-bond donors (Lipinski definition) is 0. The fourth-order valence-corrected chi connectivity index (χ4v) is 5.05. The Balaban J connectivity index is 1.31. The first-order chi connectivity index (χ1) is 14.8. The summed E-state index contributed by atoms with van der Waals surface area (Å²) >= 11 is 1.77. The van der Waals surface area contributed by atoms with Gasteiger partial charge in [0.2, 0.25) is 5.95 Å². The van der Waals surface area contributed by atoms with Crippen LogP contribution in [0.5, 0.6) is 0 Å². The Morgan fingerprint density at radius 2 is 1.73 bits per heavy atom. The summed E-state index contributed by atoms with van der Waals surface area (Å²) < 4.78 is 2.38. The van der Waals surface area contributed by atoms with Crippen LogP contribution in [-0.2, 0) is 5.75 Å². The van der Waals surface area contributed by atoms with E-state index in [-0.39, 0.29) is 0 Å². The molecular formula is C24H25N5S. The van der Waals surface area contributed by atoms with Gasteiger partial charge in [0.05, 0.1) is 11.6 Å². The molecule has 1 saturated carbocycles. The van der Waals surface area contributed by atoms with Crippen LogP contribution in [0, 0.1) is 11.3 Å². The zero-order chi connectivity index (χ0) is 20.3. The van der Waals surface area contributed by atoms with Crippen molar-refractivity contribution >= 4 is 17.7 Å². The van der Waals surface area contributed by atoms with Gasteiger partial charge >= 0.3 is 0 Å². The molecule has 2 fully saturated rings. The molecular weight excluding hydrogens is 390 g/mol. The van der Waals surface area contributed by atoms with Gasteiger partial charge in [0.1, 0.15) is 0 Å². The minimum atomic E-state index is 0.573. The SMILES string of the molecule is N#Cc1ccccc1-c1ccc(CSc2nnc(N3CCCCC3)n2C2CC2)cc1. The van der Waals surface area contributed by atoms with E-state index in [1.807, 2.05) is 24.3 Å². The van der Waals surface area contributed by atoms with E-state index in [9.17, 15) is 5.26 Å². The average Bonchev–Trinajstić information content (AvgIpc) is 3.57. The predicted molar refractivity (Wildman–Crippen MR) is 121 cm³/mol. The normalized spacial score (nSPS) is 16.4. The first-order valence-corrected chi connectivity index (χ1v) is 11.7. The lowest BCUT2D eigenvalue weighted by molar-refractivity contribution is 0.548. The maximum Gasteiger partial charge on any atom is 0.228 e. The second kappa shape index (κ2) is 8.53. The molecule has 1 saturated heterocycles. The highest BCUT2D eigenvalue weighted by atomic mass is 32.2. The molecule has 5 nitrogen and oxygen atoms in total. The monoisotopic (exact) mass is 415 g/mol. The molecule has 0 unspecified atom stereocenters. The summed E-state index contributed by atoms with van der Waals surface area (Å²) in [6.07, 6.45) is 6.30. The van der Waals surface area contributed by atoms with Crippen LogP contribution in [0.1, 0.15) is 49.3 Å². The van der Waals surface area contributed by atoms with Gasteiger partial charge in [0.15, 0.2) is 5.16 Å². The van der Waals surface area contributed by atoms with Gasteiger partial charge in [-0.3, -0.25) is 4.57 Å². The minimum Gasteiger partial charge on any atom is -0.341 e. The number of hydrogen-bond acceptors (Lipinski definition) is 5. The highest BCUT2D eigenvalue weighted by Gasteiger charge is 2.32. The third-order valence-corrected chi connectivity index (χ3v) is 6.89. The molecule has 5 rings (SSSR count). The van der Waals surface area contributed by atoms with Gasteiger partial charge in [-0.1, -0.05) is 54.2 Å². The summed E-state index contributed by atoms with van der Waals surface area (Å²) in [6, 6.07) is 19.1. The van der Waals surface area contributed by atoms with E-state index in [0.717, 1.165) is 41.1 Å². The molecule has 1 aliphatic heterocycles. The lowest BCUT2D eigenvalue weighted by Crippen LogP contribution is -2.31. The third-order valence-electron chi connectivity index (χ3n) is 5.88. The molecule has 0 N–H and O–H groups in total. The van der Waals surface area contributed by atoms with Gasteiger partial charge in [-0.2, -0.15) is 5.26 Å². The summed E-state index contributed by atoms with van der Waals surface area (Å²) in [7, 11) is 0. The van der Waals surface area contributed by atoms with E-state index >= 15 is 0 Å². The van der Waals surface area contributed by atoms with E-state index in [1.165, 1.54) is 37.7 Å². The zero-order valence-corrected chi connectivity index (χ0v) is 17.8. The molecule has 1 aromatic heterocycles. The lowest BCUT2D eigenvalue weighted by atomic mass is 10.00. The van der Waals surface area contributed by atoms with Crippen LogP contribution in [0.4, 0.5) is 5.95 Å². The summed E-state index contributed by atoms with van der Waals surface area (Å²) in [4.78, 5) is 2.42. The van der Waals surface area contributed by atoms with E-state index in [0.29, 0.717) is 11.6 Å². The molecule has 2 aliphatic rings. The first-order valence-electron chi connectivity index (χ1n) is 10.7. The number of anilines is 1. The summed E-state index contributed by atoms with van der Waals surface area (Å²) in [5, 5.41) is 19.5. The molecule has 152 valence electrons. The van der Waals surface area contributed by atoms with Gasteiger partial charge in [-0.05, 0) is 54.9 Å². The van der Waals surface area contributed by atoms with Crippen LogP contribution in [0.2, 0.25) is 0 Å². The Hall–Kier alpha value is -2.78. The summed E-state index contributed by atoms with van der Waals surface area (Å²) in [5.41, 5.74) is 4.03. The fraction of sp³-hybridized carbons (Fsp3) is 0.375. The van der Waals surface area contributed by atoms with Crippen molar-refractivity contribution in [2.75, 3.05) is 18.0 Å². The van der Waals surface area contributed by atoms with Crippen LogP contribution in [0.3, 0.4) is 0 Å². The molecule has 0 radical (unpaired) electrons. The Morgan fingerprint density at radius 1 is 0.967 bits per heavy atom. The van der Waals surface area contributed by atoms with Crippen molar-refractivity contribution in [1.82, 2.24) is 14.8 Å². The van der Waals surface area contributed by atoms with Crippen molar-refractivity contribution < 1.29 is 0 Å². The van der Waals surface area contributed by atoms with Crippen molar-refractivity contribution in [2.24, 2.45) is 0 Å². The van der Waals surface area contributed by atoms with Gasteiger partial charge in [0, 0.05) is 24.9 Å². The Bertz CT molecular complexity index is 1060. The molecule has 0 atom stereocenters. The Morgan fingerprint density at radius 3 is 2.47 bits per heavy atom. The number of nitrogens with zero attached hydrogens (tertiary/aromatic N) is 5. The highest BCUT2D eigenvalue weighted by molar-refractivity contribution is 7.98. The average molecular weight is 416 g/mol. The molecule has 3 aromatic rings. The van der Waals surface area contributed by atoms with Crippen LogP contribution in [0.15, 0.2) is 53.7 Å². The molecule has 0 bridgehead atoms. The second-order valence-corrected chi connectivity index (χ2v) is 9.02. The maximum atomic E-state index is 9.34. The quantitative estimate of drug-likeness (QED) is 0.502. The Kier molecular flexibility index (Phi) is 5.46. The summed E-state index contributed by atoms with van der Waals surface area (Å²) in [6.45, 7) is 2.20. The summed E-state index contributed by atoms with van der Waals surface area (Å²) in [5.74, 6) is 1.94. The topological polar surface area (TPSA) is 57.7 Å². The van der Waals surface area contributed by atoms with Gasteiger partial charge in [-0.15, -0.1) is 10.2 Å². The molecule has 6 heteroatoms. The smallest absolute Gasteiger partial charge is 0.228 e. The highest BCUT2D eigenvalue weighted by Crippen LogP contribution is 2.41. The van der Waals surface area contributed by atoms with Crippen LogP contribution in [-0.4, -0.2) is 27.9 Å². The number of nitriles is 1. The van der Waals surface area contributed by atoms with Gasteiger partial charge in [0.25, 0.3) is 0 Å². The van der Waals surface area contributed by atoms with E-state index in [2.05, 4.69) is 50.0 Å². The number of thioether (sulfide) groups is 1. The van der Waals surface area contributed by atoms with Crippen LogP contribution in [0.25, 0.3) is 11.1 Å². The largest absolute Gasteiger partial charge is 0.341 e. The lowest BCUT2D eigenvalue weighted by Gasteiger charge is -2.27. The van der Waals surface area contributed by atoms with E-state index in [1.54, 1.807) is 11.8 Å². The number of piperidine rings is 1. The van der Waals surface area contributed by atoms with E-state index < -0.39 is 0 Å². The maximum absolute atomic E-state index is 9.34. The standard InChI is InChI=1S/C24H25N5S/c25-16-20-6-2-3-7-22(20)19-10-8-18(9-11-19)17-30-24-27-26-23(29(24)21-12-13-21)28-14-4-1-5-15-28/h2-3,6-11,21H,1,4-5,12-15,17H2. The first kappa shape index (κ1) is 19.2. The minimum absolute atomic E-state index is 0.573.